The number of fused-ring (bicyclic) bond motifs is 1. The largest absolute Gasteiger partial charge is 0.342 e. The van der Waals surface area contributed by atoms with E-state index < -0.39 is 0 Å². The number of amides is 1. The quantitative estimate of drug-likeness (QED) is 0.425. The molecule has 1 amide bonds. The number of hydrogen-bond acceptors (Lipinski definition) is 3. The first-order valence-electron chi connectivity index (χ1n) is 9.08. The fourth-order valence-electron chi connectivity index (χ4n) is 3.21. The third-order valence-electron chi connectivity index (χ3n) is 4.73. The molecule has 0 saturated carbocycles. The Bertz CT molecular complexity index is 1150. The summed E-state index contributed by atoms with van der Waals surface area (Å²) >= 11 is 0. The summed E-state index contributed by atoms with van der Waals surface area (Å²) in [6.45, 7) is 2.91. The minimum absolute atomic E-state index is 0.262. The SMILES string of the molecule is Cc1ccccc1Cn1cc(/C=N\NC(=O)c2ccncc2)c2ccccc21. The first-order chi connectivity index (χ1) is 13.7. The van der Waals surface area contributed by atoms with E-state index >= 15 is 0 Å². The Balaban J connectivity index is 1.59. The standard InChI is InChI=1S/C23H20N4O/c1-17-6-2-3-7-19(17)15-27-16-20(21-8-4-5-9-22(21)27)14-25-26-23(28)18-10-12-24-13-11-18/h2-14,16H,15H2,1H3,(H,26,28)/b25-14-. The second-order valence-corrected chi connectivity index (χ2v) is 6.59. The maximum absolute atomic E-state index is 12.1. The third-order valence-corrected chi connectivity index (χ3v) is 4.73. The zero-order chi connectivity index (χ0) is 19.3. The molecule has 0 spiro atoms. The van der Waals surface area contributed by atoms with Gasteiger partial charge in [0, 0.05) is 47.2 Å². The normalized spacial score (nSPS) is 11.2. The molecule has 5 heteroatoms. The molecule has 1 N–H and O–H groups in total. The number of nitrogens with one attached hydrogen (secondary N) is 1. The molecule has 28 heavy (non-hydrogen) atoms. The van der Waals surface area contributed by atoms with Crippen molar-refractivity contribution in [3.63, 3.8) is 0 Å². The number of benzene rings is 2. The van der Waals surface area contributed by atoms with Gasteiger partial charge in [0.2, 0.25) is 0 Å². The molecule has 2 aromatic heterocycles. The number of hydrogen-bond donors (Lipinski definition) is 1. The predicted octanol–water partition coefficient (Wildman–Crippen LogP) is 4.16. The van der Waals surface area contributed by atoms with Crippen LogP contribution < -0.4 is 5.43 Å². The van der Waals surface area contributed by atoms with Crippen molar-refractivity contribution in [1.29, 1.82) is 0 Å². The summed E-state index contributed by atoms with van der Waals surface area (Å²) in [4.78, 5) is 16.0. The van der Waals surface area contributed by atoms with Crippen LogP contribution >= 0.6 is 0 Å². The fourth-order valence-corrected chi connectivity index (χ4v) is 3.21. The number of carbonyl (C=O) groups excluding carboxylic acids is 1. The van der Waals surface area contributed by atoms with Crippen molar-refractivity contribution in [2.45, 2.75) is 13.5 Å². The summed E-state index contributed by atoms with van der Waals surface area (Å²) in [6, 6.07) is 19.9. The Labute approximate surface area is 163 Å². The highest BCUT2D eigenvalue weighted by Gasteiger charge is 2.08. The van der Waals surface area contributed by atoms with Crippen molar-refractivity contribution in [2.24, 2.45) is 5.10 Å². The molecule has 0 radical (unpaired) electrons. The lowest BCUT2D eigenvalue weighted by molar-refractivity contribution is 0.0955. The van der Waals surface area contributed by atoms with Crippen LogP contribution in [0, 0.1) is 6.92 Å². The van der Waals surface area contributed by atoms with Crippen LogP contribution in [0.2, 0.25) is 0 Å². The van der Waals surface area contributed by atoms with E-state index in [-0.39, 0.29) is 5.91 Å². The highest BCUT2D eigenvalue weighted by atomic mass is 16.2. The van der Waals surface area contributed by atoms with Gasteiger partial charge in [-0.2, -0.15) is 5.10 Å². The molecule has 2 heterocycles. The monoisotopic (exact) mass is 368 g/mol. The first-order valence-corrected chi connectivity index (χ1v) is 9.08. The fraction of sp³-hybridized carbons (Fsp3) is 0.0870. The number of aromatic nitrogens is 2. The summed E-state index contributed by atoms with van der Waals surface area (Å²) in [6.07, 6.45) is 6.92. The van der Waals surface area contributed by atoms with Crippen LogP contribution in [0.3, 0.4) is 0 Å². The van der Waals surface area contributed by atoms with E-state index in [2.05, 4.69) is 69.6 Å². The molecule has 0 fully saturated rings. The van der Waals surface area contributed by atoms with E-state index in [1.165, 1.54) is 11.1 Å². The van der Waals surface area contributed by atoms with E-state index in [1.807, 2.05) is 12.1 Å². The molecule has 0 saturated heterocycles. The molecule has 0 aliphatic rings. The van der Waals surface area contributed by atoms with Gasteiger partial charge in [-0.3, -0.25) is 9.78 Å². The van der Waals surface area contributed by atoms with Gasteiger partial charge in [0.1, 0.15) is 0 Å². The third kappa shape index (κ3) is 3.69. The van der Waals surface area contributed by atoms with E-state index in [4.69, 9.17) is 0 Å². The average molecular weight is 368 g/mol. The molecular weight excluding hydrogens is 348 g/mol. The summed E-state index contributed by atoms with van der Waals surface area (Å²) in [5.74, 6) is -0.262. The molecule has 0 aliphatic heterocycles. The summed E-state index contributed by atoms with van der Waals surface area (Å²) in [5.41, 5.74) is 7.73. The maximum Gasteiger partial charge on any atom is 0.271 e. The lowest BCUT2D eigenvalue weighted by atomic mass is 10.1. The Kier molecular flexibility index (Phi) is 4.97. The Morgan fingerprint density at radius 1 is 1.07 bits per heavy atom. The van der Waals surface area contributed by atoms with Crippen molar-refractivity contribution in [3.05, 3.63) is 102 Å². The van der Waals surface area contributed by atoms with Crippen molar-refractivity contribution < 1.29 is 4.79 Å². The van der Waals surface area contributed by atoms with E-state index in [9.17, 15) is 4.79 Å². The highest BCUT2D eigenvalue weighted by molar-refractivity contribution is 6.00. The van der Waals surface area contributed by atoms with Gasteiger partial charge in [-0.05, 0) is 36.2 Å². The number of rotatable bonds is 5. The van der Waals surface area contributed by atoms with Crippen molar-refractivity contribution in [1.82, 2.24) is 15.0 Å². The lowest BCUT2D eigenvalue weighted by Gasteiger charge is -2.08. The molecule has 2 aromatic carbocycles. The summed E-state index contributed by atoms with van der Waals surface area (Å²) in [5, 5.41) is 5.24. The summed E-state index contributed by atoms with van der Waals surface area (Å²) in [7, 11) is 0. The maximum atomic E-state index is 12.1. The number of hydrazone groups is 1. The van der Waals surface area contributed by atoms with Crippen molar-refractivity contribution in [3.8, 4) is 0 Å². The molecular formula is C23H20N4O. The van der Waals surface area contributed by atoms with Crippen molar-refractivity contribution >= 4 is 23.0 Å². The van der Waals surface area contributed by atoms with Gasteiger partial charge in [0.05, 0.1) is 6.21 Å². The topological polar surface area (TPSA) is 59.3 Å². The minimum Gasteiger partial charge on any atom is -0.342 e. The second-order valence-electron chi connectivity index (χ2n) is 6.59. The number of nitrogens with zero attached hydrogens (tertiary/aromatic N) is 3. The van der Waals surface area contributed by atoms with Gasteiger partial charge in [0.15, 0.2) is 0 Å². The van der Waals surface area contributed by atoms with E-state index in [1.54, 1.807) is 30.7 Å². The minimum atomic E-state index is -0.262. The molecule has 0 aliphatic carbocycles. The first kappa shape index (κ1) is 17.7. The Morgan fingerprint density at radius 3 is 2.64 bits per heavy atom. The van der Waals surface area contributed by atoms with Gasteiger partial charge < -0.3 is 4.57 Å². The van der Waals surface area contributed by atoms with Gasteiger partial charge in [-0.1, -0.05) is 42.5 Å². The number of pyridine rings is 1. The van der Waals surface area contributed by atoms with Crippen LogP contribution in [0.1, 0.15) is 27.0 Å². The number of aryl methyl sites for hydroxylation is 1. The van der Waals surface area contributed by atoms with Crippen molar-refractivity contribution in [2.75, 3.05) is 0 Å². The van der Waals surface area contributed by atoms with Crippen LogP contribution in [0.25, 0.3) is 10.9 Å². The summed E-state index contributed by atoms with van der Waals surface area (Å²) < 4.78 is 2.21. The molecule has 5 nitrogen and oxygen atoms in total. The molecule has 0 unspecified atom stereocenters. The zero-order valence-corrected chi connectivity index (χ0v) is 15.5. The van der Waals surface area contributed by atoms with Crippen LogP contribution in [0.4, 0.5) is 0 Å². The smallest absolute Gasteiger partial charge is 0.271 e. The number of carbonyl (C=O) groups is 1. The second kappa shape index (κ2) is 7.88. The predicted molar refractivity (Wildman–Crippen MR) is 112 cm³/mol. The van der Waals surface area contributed by atoms with Crippen LogP contribution in [0.15, 0.2) is 84.4 Å². The molecule has 0 atom stereocenters. The van der Waals surface area contributed by atoms with Crippen LogP contribution in [0.5, 0.6) is 0 Å². The van der Waals surface area contributed by atoms with Crippen LogP contribution in [-0.4, -0.2) is 21.7 Å². The van der Waals surface area contributed by atoms with Gasteiger partial charge in [-0.15, -0.1) is 0 Å². The van der Waals surface area contributed by atoms with E-state index in [0.29, 0.717) is 5.56 Å². The highest BCUT2D eigenvalue weighted by Crippen LogP contribution is 2.22. The van der Waals surface area contributed by atoms with Gasteiger partial charge in [0.25, 0.3) is 5.91 Å². The van der Waals surface area contributed by atoms with Gasteiger partial charge >= 0.3 is 0 Å². The van der Waals surface area contributed by atoms with Gasteiger partial charge in [-0.25, -0.2) is 5.43 Å². The van der Waals surface area contributed by atoms with Crippen LogP contribution in [-0.2, 0) is 6.54 Å². The Morgan fingerprint density at radius 2 is 1.82 bits per heavy atom. The molecule has 4 rings (SSSR count). The number of para-hydroxylation sites is 1. The average Bonchev–Trinajstić information content (AvgIpc) is 3.08. The lowest BCUT2D eigenvalue weighted by Crippen LogP contribution is -2.17. The molecule has 0 bridgehead atoms. The van der Waals surface area contributed by atoms with E-state index in [0.717, 1.165) is 23.0 Å². The molecule has 4 aromatic rings. The molecule has 138 valence electrons. The zero-order valence-electron chi connectivity index (χ0n) is 15.5. The Hall–Kier alpha value is -3.73.